The Morgan fingerprint density at radius 1 is 1.33 bits per heavy atom. The second-order valence-electron chi connectivity index (χ2n) is 5.92. The van der Waals surface area contributed by atoms with Gasteiger partial charge in [0.05, 0.1) is 23.5 Å². The maximum absolute atomic E-state index is 4.80. The molecule has 2 aromatic rings. The molecule has 3 rings (SSSR count). The Labute approximate surface area is 126 Å². The number of nitrogens with zero attached hydrogens (tertiary/aromatic N) is 4. The van der Waals surface area contributed by atoms with Crippen molar-refractivity contribution in [2.75, 3.05) is 6.54 Å². The van der Waals surface area contributed by atoms with Crippen LogP contribution in [0.2, 0.25) is 0 Å². The third kappa shape index (κ3) is 3.18. The second kappa shape index (κ2) is 6.43. The van der Waals surface area contributed by atoms with E-state index in [-0.39, 0.29) is 6.04 Å². The maximum Gasteiger partial charge on any atom is 0.0644 e. The van der Waals surface area contributed by atoms with E-state index in [1.807, 2.05) is 17.9 Å². The van der Waals surface area contributed by atoms with Crippen LogP contribution >= 0.6 is 0 Å². The molecule has 2 aromatic heterocycles. The Balaban J connectivity index is 1.72. The largest absolute Gasteiger partial charge is 0.309 e. The Morgan fingerprint density at radius 2 is 2.14 bits per heavy atom. The molecule has 5 heteroatoms. The molecule has 21 heavy (non-hydrogen) atoms. The highest BCUT2D eigenvalue weighted by atomic mass is 15.3. The summed E-state index contributed by atoms with van der Waals surface area (Å²) in [4.78, 5) is 0. The Kier molecular flexibility index (Phi) is 4.39. The summed E-state index contributed by atoms with van der Waals surface area (Å²) < 4.78 is 4.12. The second-order valence-corrected chi connectivity index (χ2v) is 5.92. The van der Waals surface area contributed by atoms with E-state index < -0.39 is 0 Å². The normalized spacial score (nSPS) is 17.4. The van der Waals surface area contributed by atoms with E-state index in [0.29, 0.717) is 6.04 Å². The van der Waals surface area contributed by atoms with Crippen molar-refractivity contribution >= 4 is 0 Å². The molecule has 0 bridgehead atoms. The van der Waals surface area contributed by atoms with Gasteiger partial charge in [-0.3, -0.25) is 9.36 Å². The van der Waals surface area contributed by atoms with Crippen LogP contribution in [0.4, 0.5) is 0 Å². The lowest BCUT2D eigenvalue weighted by atomic mass is 10.1. The fourth-order valence-electron chi connectivity index (χ4n) is 3.32. The third-order valence-corrected chi connectivity index (χ3v) is 4.44. The Hall–Kier alpha value is -1.62. The van der Waals surface area contributed by atoms with Crippen LogP contribution in [-0.4, -0.2) is 26.1 Å². The first kappa shape index (κ1) is 14.3. The highest BCUT2D eigenvalue weighted by molar-refractivity contribution is 5.12. The summed E-state index contributed by atoms with van der Waals surface area (Å²) >= 11 is 0. The zero-order chi connectivity index (χ0) is 14.7. The summed E-state index contributed by atoms with van der Waals surface area (Å²) in [5, 5.41) is 12.6. The number of aromatic nitrogens is 4. The van der Waals surface area contributed by atoms with Crippen LogP contribution in [0.3, 0.4) is 0 Å². The quantitative estimate of drug-likeness (QED) is 0.888. The molecular weight excluding hydrogens is 262 g/mol. The van der Waals surface area contributed by atoms with Crippen molar-refractivity contribution in [2.24, 2.45) is 7.05 Å². The smallest absolute Gasteiger partial charge is 0.0644 e. The SMILES string of the molecule is CCNC(Cc1ccn(C2CCCC2)n1)c1ccnn1C. The van der Waals surface area contributed by atoms with E-state index in [0.717, 1.165) is 18.7 Å². The first-order chi connectivity index (χ1) is 10.3. The predicted octanol–water partition coefficient (Wildman–Crippen LogP) is 2.63. The molecule has 0 aliphatic heterocycles. The van der Waals surface area contributed by atoms with Crippen LogP contribution in [-0.2, 0) is 13.5 Å². The zero-order valence-electron chi connectivity index (χ0n) is 13.0. The molecule has 5 nitrogen and oxygen atoms in total. The number of hydrogen-bond acceptors (Lipinski definition) is 3. The van der Waals surface area contributed by atoms with Crippen molar-refractivity contribution in [3.8, 4) is 0 Å². The Bertz CT molecular complexity index is 565. The lowest BCUT2D eigenvalue weighted by Gasteiger charge is -2.17. The average molecular weight is 287 g/mol. The highest BCUT2D eigenvalue weighted by Crippen LogP contribution is 2.29. The topological polar surface area (TPSA) is 47.7 Å². The summed E-state index contributed by atoms with van der Waals surface area (Å²) in [7, 11) is 2.00. The zero-order valence-corrected chi connectivity index (χ0v) is 13.0. The average Bonchev–Trinajstić information content (AvgIpc) is 3.18. The molecule has 0 aromatic carbocycles. The number of rotatable bonds is 6. The molecule has 1 fully saturated rings. The van der Waals surface area contributed by atoms with E-state index in [9.17, 15) is 0 Å². The van der Waals surface area contributed by atoms with E-state index in [1.165, 1.54) is 31.4 Å². The van der Waals surface area contributed by atoms with Crippen molar-refractivity contribution in [3.63, 3.8) is 0 Å². The number of likely N-dealkylation sites (N-methyl/N-ethyl adjacent to an activating group) is 1. The van der Waals surface area contributed by atoms with Crippen molar-refractivity contribution in [1.29, 1.82) is 0 Å². The summed E-state index contributed by atoms with van der Waals surface area (Å²) in [6.07, 6.45) is 10.2. The predicted molar refractivity (Wildman–Crippen MR) is 83.1 cm³/mol. The van der Waals surface area contributed by atoms with Crippen LogP contribution in [0.5, 0.6) is 0 Å². The molecule has 114 valence electrons. The van der Waals surface area contributed by atoms with Gasteiger partial charge in [-0.2, -0.15) is 10.2 Å². The molecule has 1 aliphatic rings. The molecule has 1 unspecified atom stereocenters. The van der Waals surface area contributed by atoms with Crippen LogP contribution < -0.4 is 5.32 Å². The first-order valence-electron chi connectivity index (χ1n) is 8.03. The van der Waals surface area contributed by atoms with E-state index in [4.69, 9.17) is 5.10 Å². The molecule has 1 saturated carbocycles. The van der Waals surface area contributed by atoms with E-state index in [1.54, 1.807) is 0 Å². The van der Waals surface area contributed by atoms with Crippen LogP contribution in [0, 0.1) is 0 Å². The third-order valence-electron chi connectivity index (χ3n) is 4.44. The highest BCUT2D eigenvalue weighted by Gasteiger charge is 2.19. The molecule has 1 N–H and O–H groups in total. The van der Waals surface area contributed by atoms with Gasteiger partial charge in [-0.1, -0.05) is 19.8 Å². The number of hydrogen-bond donors (Lipinski definition) is 1. The molecule has 1 atom stereocenters. The molecule has 0 saturated heterocycles. The number of aryl methyl sites for hydroxylation is 1. The van der Waals surface area contributed by atoms with Crippen molar-refractivity contribution < 1.29 is 0 Å². The molecule has 0 radical (unpaired) electrons. The fraction of sp³-hybridized carbons (Fsp3) is 0.625. The van der Waals surface area contributed by atoms with Gasteiger partial charge in [0, 0.05) is 25.9 Å². The van der Waals surface area contributed by atoms with Crippen LogP contribution in [0.1, 0.15) is 56.1 Å². The van der Waals surface area contributed by atoms with Gasteiger partial charge >= 0.3 is 0 Å². The van der Waals surface area contributed by atoms with Gasteiger partial charge in [-0.05, 0) is 31.5 Å². The monoisotopic (exact) mass is 287 g/mol. The van der Waals surface area contributed by atoms with Gasteiger partial charge < -0.3 is 5.32 Å². The molecule has 1 aliphatic carbocycles. The van der Waals surface area contributed by atoms with Crippen LogP contribution in [0.25, 0.3) is 0 Å². The van der Waals surface area contributed by atoms with Gasteiger partial charge in [-0.15, -0.1) is 0 Å². The van der Waals surface area contributed by atoms with Crippen molar-refractivity contribution in [2.45, 2.75) is 51.1 Å². The summed E-state index contributed by atoms with van der Waals surface area (Å²) in [5.41, 5.74) is 2.38. The van der Waals surface area contributed by atoms with Crippen molar-refractivity contribution in [3.05, 3.63) is 35.9 Å². The minimum atomic E-state index is 0.273. The lowest BCUT2D eigenvalue weighted by Crippen LogP contribution is -2.25. The van der Waals surface area contributed by atoms with Crippen molar-refractivity contribution in [1.82, 2.24) is 24.9 Å². The lowest BCUT2D eigenvalue weighted by molar-refractivity contribution is 0.453. The molecule has 2 heterocycles. The van der Waals surface area contributed by atoms with Gasteiger partial charge in [-0.25, -0.2) is 0 Å². The summed E-state index contributed by atoms with van der Waals surface area (Å²) in [6.45, 7) is 3.08. The van der Waals surface area contributed by atoms with E-state index in [2.05, 4.69) is 40.4 Å². The minimum Gasteiger partial charge on any atom is -0.309 e. The van der Waals surface area contributed by atoms with Gasteiger partial charge in [0.25, 0.3) is 0 Å². The van der Waals surface area contributed by atoms with Gasteiger partial charge in [0.2, 0.25) is 0 Å². The molecule has 0 spiro atoms. The van der Waals surface area contributed by atoms with E-state index >= 15 is 0 Å². The maximum atomic E-state index is 4.80. The standard InChI is InChI=1S/C16H25N5/c1-3-17-15(16-8-10-18-20(16)2)12-13-9-11-21(19-13)14-6-4-5-7-14/h8-11,14-15,17H,3-7,12H2,1-2H3. The van der Waals surface area contributed by atoms with Gasteiger partial charge in [0.15, 0.2) is 0 Å². The van der Waals surface area contributed by atoms with Gasteiger partial charge in [0.1, 0.15) is 0 Å². The first-order valence-corrected chi connectivity index (χ1v) is 8.03. The molecule has 0 amide bonds. The summed E-state index contributed by atoms with van der Waals surface area (Å²) in [6, 6.07) is 5.14. The summed E-state index contributed by atoms with van der Waals surface area (Å²) in [5.74, 6) is 0. The Morgan fingerprint density at radius 3 is 2.81 bits per heavy atom. The minimum absolute atomic E-state index is 0.273. The fourth-order valence-corrected chi connectivity index (χ4v) is 3.32. The van der Waals surface area contributed by atoms with Crippen LogP contribution in [0.15, 0.2) is 24.5 Å². The molecular formula is C16H25N5. The number of nitrogens with one attached hydrogen (secondary N) is 1.